The lowest BCUT2D eigenvalue weighted by molar-refractivity contribution is 0.0936. The van der Waals surface area contributed by atoms with Crippen LogP contribution in [-0.4, -0.2) is 28.5 Å². The number of nitrogens with one attached hydrogen (secondary N) is 1. The number of carbonyl (C=O) groups excluding carboxylic acids is 1. The third-order valence-electron chi connectivity index (χ3n) is 2.35. The zero-order valence-electron chi connectivity index (χ0n) is 9.83. The number of halogens is 1. The number of aromatic hydroxyl groups is 2. The Kier molecular flexibility index (Phi) is 4.23. The Morgan fingerprint density at radius 2 is 2.06 bits per heavy atom. The first-order valence-corrected chi connectivity index (χ1v) is 5.76. The zero-order chi connectivity index (χ0) is 13.1. The molecule has 0 saturated heterocycles. The summed E-state index contributed by atoms with van der Waals surface area (Å²) in [6, 6.07) is 4.25. The molecular formula is C12H16ClNO3. The quantitative estimate of drug-likeness (QED) is 0.571. The van der Waals surface area contributed by atoms with Gasteiger partial charge in [0.25, 0.3) is 5.91 Å². The Labute approximate surface area is 105 Å². The predicted molar refractivity (Wildman–Crippen MR) is 66.6 cm³/mol. The molecule has 0 unspecified atom stereocenters. The highest BCUT2D eigenvalue weighted by atomic mass is 35.5. The molecule has 0 spiro atoms. The van der Waals surface area contributed by atoms with E-state index in [4.69, 9.17) is 11.6 Å². The van der Waals surface area contributed by atoms with E-state index in [1.165, 1.54) is 18.2 Å². The summed E-state index contributed by atoms with van der Waals surface area (Å²) in [4.78, 5) is 11.8. The van der Waals surface area contributed by atoms with Crippen molar-refractivity contribution in [2.45, 2.75) is 13.8 Å². The predicted octanol–water partition coefficient (Wildman–Crippen LogP) is 2.09. The number of rotatable bonds is 4. The molecule has 0 atom stereocenters. The lowest BCUT2D eigenvalue weighted by atomic mass is 9.96. The Bertz CT molecular complexity index is 418. The van der Waals surface area contributed by atoms with Crippen LogP contribution in [0.5, 0.6) is 11.5 Å². The number of para-hydroxylation sites is 1. The van der Waals surface area contributed by atoms with Gasteiger partial charge in [0, 0.05) is 12.4 Å². The second-order valence-corrected chi connectivity index (χ2v) is 4.92. The summed E-state index contributed by atoms with van der Waals surface area (Å²) in [6.07, 6.45) is 0. The van der Waals surface area contributed by atoms with Gasteiger partial charge in [0.05, 0.1) is 5.56 Å². The highest BCUT2D eigenvalue weighted by Crippen LogP contribution is 2.28. The molecule has 0 bridgehead atoms. The molecule has 0 aromatic heterocycles. The average Bonchev–Trinajstić information content (AvgIpc) is 2.30. The number of phenols is 2. The molecule has 3 N–H and O–H groups in total. The Balaban J connectivity index is 2.74. The van der Waals surface area contributed by atoms with Crippen LogP contribution in [0.3, 0.4) is 0 Å². The van der Waals surface area contributed by atoms with E-state index >= 15 is 0 Å². The van der Waals surface area contributed by atoms with Crippen molar-refractivity contribution in [3.63, 3.8) is 0 Å². The Morgan fingerprint density at radius 1 is 1.41 bits per heavy atom. The van der Waals surface area contributed by atoms with Gasteiger partial charge in [-0.2, -0.15) is 0 Å². The fourth-order valence-electron chi connectivity index (χ4n) is 1.18. The summed E-state index contributed by atoms with van der Waals surface area (Å²) in [5, 5.41) is 21.5. The number of benzene rings is 1. The molecule has 0 aliphatic carbocycles. The lowest BCUT2D eigenvalue weighted by Gasteiger charge is -2.21. The van der Waals surface area contributed by atoms with Crippen molar-refractivity contribution in [1.82, 2.24) is 5.32 Å². The largest absolute Gasteiger partial charge is 0.504 e. The monoisotopic (exact) mass is 257 g/mol. The van der Waals surface area contributed by atoms with E-state index in [2.05, 4.69) is 5.32 Å². The van der Waals surface area contributed by atoms with Crippen molar-refractivity contribution < 1.29 is 15.0 Å². The van der Waals surface area contributed by atoms with Gasteiger partial charge in [-0.15, -0.1) is 11.6 Å². The van der Waals surface area contributed by atoms with Gasteiger partial charge in [-0.3, -0.25) is 4.79 Å². The van der Waals surface area contributed by atoms with Crippen molar-refractivity contribution in [1.29, 1.82) is 0 Å². The summed E-state index contributed by atoms with van der Waals surface area (Å²) in [6.45, 7) is 4.23. The van der Waals surface area contributed by atoms with Crippen molar-refractivity contribution in [3.05, 3.63) is 23.8 Å². The number of phenolic OH excluding ortho intramolecular Hbond substituents is 2. The van der Waals surface area contributed by atoms with Crippen molar-refractivity contribution in [2.75, 3.05) is 12.4 Å². The molecule has 4 nitrogen and oxygen atoms in total. The van der Waals surface area contributed by atoms with Gasteiger partial charge in [-0.05, 0) is 17.5 Å². The smallest absolute Gasteiger partial charge is 0.255 e. The molecular weight excluding hydrogens is 242 g/mol. The number of amides is 1. The van der Waals surface area contributed by atoms with Gasteiger partial charge in [-0.25, -0.2) is 0 Å². The second-order valence-electron chi connectivity index (χ2n) is 4.65. The SMILES string of the molecule is CC(C)(CCl)CNC(=O)c1cccc(O)c1O. The minimum absolute atomic E-state index is 0.0513. The molecule has 17 heavy (non-hydrogen) atoms. The van der Waals surface area contributed by atoms with Crippen molar-refractivity contribution in [2.24, 2.45) is 5.41 Å². The normalized spacial score (nSPS) is 11.2. The Morgan fingerprint density at radius 3 is 2.65 bits per heavy atom. The van der Waals surface area contributed by atoms with E-state index in [9.17, 15) is 15.0 Å². The van der Waals surface area contributed by atoms with Crippen molar-refractivity contribution >= 4 is 17.5 Å². The van der Waals surface area contributed by atoms with Crippen LogP contribution in [0.25, 0.3) is 0 Å². The number of hydrogen-bond acceptors (Lipinski definition) is 3. The van der Waals surface area contributed by atoms with Crippen LogP contribution < -0.4 is 5.32 Å². The third kappa shape index (κ3) is 3.53. The van der Waals surface area contributed by atoms with Crippen LogP contribution >= 0.6 is 11.6 Å². The average molecular weight is 258 g/mol. The maximum Gasteiger partial charge on any atom is 0.255 e. The second kappa shape index (κ2) is 5.27. The molecule has 0 aliphatic heterocycles. The molecule has 1 amide bonds. The highest BCUT2D eigenvalue weighted by Gasteiger charge is 2.19. The maximum absolute atomic E-state index is 11.8. The first-order chi connectivity index (χ1) is 7.87. The molecule has 0 aliphatic rings. The van der Waals surface area contributed by atoms with Crippen molar-refractivity contribution in [3.8, 4) is 11.5 Å². The Hall–Kier alpha value is -1.42. The lowest BCUT2D eigenvalue weighted by Crippen LogP contribution is -2.35. The van der Waals surface area contributed by atoms with Crippen LogP contribution in [0.15, 0.2) is 18.2 Å². The van der Waals surface area contributed by atoms with Gasteiger partial charge >= 0.3 is 0 Å². The molecule has 5 heteroatoms. The first kappa shape index (κ1) is 13.6. The minimum atomic E-state index is -0.434. The van der Waals surface area contributed by atoms with Gasteiger partial charge in [0.1, 0.15) is 0 Å². The summed E-state index contributed by atoms with van der Waals surface area (Å²) < 4.78 is 0. The molecule has 94 valence electrons. The van der Waals surface area contributed by atoms with E-state index in [1.807, 2.05) is 13.8 Å². The van der Waals surface area contributed by atoms with Crippen LogP contribution in [-0.2, 0) is 0 Å². The van der Waals surface area contributed by atoms with Gasteiger partial charge in [0.15, 0.2) is 11.5 Å². The van der Waals surface area contributed by atoms with E-state index in [0.29, 0.717) is 12.4 Å². The molecule has 1 aromatic carbocycles. The first-order valence-electron chi connectivity index (χ1n) is 5.22. The van der Waals surface area contributed by atoms with Gasteiger partial charge in [-0.1, -0.05) is 19.9 Å². The zero-order valence-corrected chi connectivity index (χ0v) is 10.6. The number of carbonyl (C=O) groups is 1. The topological polar surface area (TPSA) is 69.6 Å². The summed E-state index contributed by atoms with van der Waals surface area (Å²) >= 11 is 5.74. The molecule has 0 heterocycles. The van der Waals surface area contributed by atoms with E-state index in [-0.39, 0.29) is 16.7 Å². The van der Waals surface area contributed by atoms with E-state index in [1.54, 1.807) is 0 Å². The fraction of sp³-hybridized carbons (Fsp3) is 0.417. The van der Waals surface area contributed by atoms with E-state index < -0.39 is 11.7 Å². The van der Waals surface area contributed by atoms with Crippen LogP contribution in [0.1, 0.15) is 24.2 Å². The van der Waals surface area contributed by atoms with Gasteiger partial charge in [0.2, 0.25) is 0 Å². The summed E-state index contributed by atoms with van der Waals surface area (Å²) in [5.74, 6) is -0.737. The molecule has 1 aromatic rings. The van der Waals surface area contributed by atoms with E-state index in [0.717, 1.165) is 0 Å². The van der Waals surface area contributed by atoms with Crippen LogP contribution in [0.2, 0.25) is 0 Å². The number of alkyl halides is 1. The minimum Gasteiger partial charge on any atom is -0.504 e. The highest BCUT2D eigenvalue weighted by molar-refractivity contribution is 6.18. The maximum atomic E-state index is 11.8. The van der Waals surface area contributed by atoms with Crippen LogP contribution in [0.4, 0.5) is 0 Å². The summed E-state index contributed by atoms with van der Waals surface area (Å²) in [5.41, 5.74) is -0.167. The standard InChI is InChI=1S/C12H16ClNO3/c1-12(2,6-13)7-14-11(17)8-4-3-5-9(15)10(8)16/h3-5,15-16H,6-7H2,1-2H3,(H,14,17). The van der Waals surface area contributed by atoms with Crippen LogP contribution in [0, 0.1) is 5.41 Å². The number of hydrogen-bond donors (Lipinski definition) is 3. The molecule has 0 fully saturated rings. The molecule has 0 radical (unpaired) electrons. The fourth-order valence-corrected chi connectivity index (χ4v) is 1.27. The molecule has 0 saturated carbocycles. The van der Waals surface area contributed by atoms with Gasteiger partial charge < -0.3 is 15.5 Å². The third-order valence-corrected chi connectivity index (χ3v) is 3.07. The summed E-state index contributed by atoms with van der Waals surface area (Å²) in [7, 11) is 0. The molecule has 1 rings (SSSR count).